The smallest absolute Gasteiger partial charge is 0.224 e. The Morgan fingerprint density at radius 3 is 2.67 bits per heavy atom. The Labute approximate surface area is 73.7 Å². The summed E-state index contributed by atoms with van der Waals surface area (Å²) in [5.74, 6) is 0.901. The number of carbonyl (C=O) groups excluding carboxylic acids is 1. The highest BCUT2D eigenvalue weighted by Gasteiger charge is 2.39. The van der Waals surface area contributed by atoms with Crippen LogP contribution in [0.3, 0.4) is 0 Å². The summed E-state index contributed by atoms with van der Waals surface area (Å²) in [4.78, 5) is 11.2. The molecule has 70 valence electrons. The summed E-state index contributed by atoms with van der Waals surface area (Å²) in [5.41, 5.74) is 5.54. The van der Waals surface area contributed by atoms with E-state index in [1.54, 1.807) is 0 Å². The number of amides is 1. The second kappa shape index (κ2) is 3.90. The lowest BCUT2D eigenvalue weighted by Gasteiger charge is -2.05. The summed E-state index contributed by atoms with van der Waals surface area (Å²) >= 11 is 0. The van der Waals surface area contributed by atoms with Gasteiger partial charge in [-0.3, -0.25) is 4.79 Å². The first-order valence-corrected chi connectivity index (χ1v) is 4.64. The maximum Gasteiger partial charge on any atom is 0.224 e. The minimum absolute atomic E-state index is 0.108. The van der Waals surface area contributed by atoms with E-state index in [4.69, 9.17) is 5.73 Å². The summed E-state index contributed by atoms with van der Waals surface area (Å²) in [5, 5.41) is 2.89. The highest BCUT2D eigenvalue weighted by Crippen LogP contribution is 2.27. The molecule has 3 heteroatoms. The van der Waals surface area contributed by atoms with Crippen molar-refractivity contribution in [2.45, 2.75) is 32.7 Å². The third-order valence-corrected chi connectivity index (χ3v) is 2.20. The first-order chi connectivity index (χ1) is 5.61. The van der Waals surface area contributed by atoms with Gasteiger partial charge in [-0.2, -0.15) is 0 Å². The molecule has 2 atom stereocenters. The lowest BCUT2D eigenvalue weighted by atomic mass is 10.1. The minimum atomic E-state index is 0.108. The van der Waals surface area contributed by atoms with Gasteiger partial charge in [-0.15, -0.1) is 0 Å². The zero-order chi connectivity index (χ0) is 9.14. The summed E-state index contributed by atoms with van der Waals surface area (Å²) in [6.45, 7) is 5.09. The van der Waals surface area contributed by atoms with Crippen LogP contribution in [0.2, 0.25) is 0 Å². The molecule has 0 aromatic heterocycles. The molecule has 0 radical (unpaired) electrons. The summed E-state index contributed by atoms with van der Waals surface area (Å²) < 4.78 is 0. The molecule has 1 rings (SSSR count). The van der Waals surface area contributed by atoms with Crippen molar-refractivity contribution in [3.05, 3.63) is 0 Å². The van der Waals surface area contributed by atoms with E-state index in [0.717, 1.165) is 19.4 Å². The van der Waals surface area contributed by atoms with E-state index < -0.39 is 0 Å². The number of nitrogens with one attached hydrogen (secondary N) is 1. The molecule has 0 spiro atoms. The Kier molecular flexibility index (Phi) is 3.09. The van der Waals surface area contributed by atoms with Crippen molar-refractivity contribution in [1.82, 2.24) is 5.32 Å². The Morgan fingerprint density at radius 1 is 1.67 bits per heavy atom. The van der Waals surface area contributed by atoms with Gasteiger partial charge >= 0.3 is 0 Å². The molecule has 0 saturated heterocycles. The van der Waals surface area contributed by atoms with Gasteiger partial charge in [0, 0.05) is 12.6 Å². The molecule has 12 heavy (non-hydrogen) atoms. The second-order valence-corrected chi connectivity index (χ2v) is 3.98. The van der Waals surface area contributed by atoms with E-state index in [0.29, 0.717) is 5.92 Å². The average Bonchev–Trinajstić information content (AvgIpc) is 2.66. The quantitative estimate of drug-likeness (QED) is 0.645. The van der Waals surface area contributed by atoms with E-state index in [2.05, 4.69) is 19.2 Å². The van der Waals surface area contributed by atoms with Gasteiger partial charge in [0.25, 0.3) is 0 Å². The van der Waals surface area contributed by atoms with Gasteiger partial charge < -0.3 is 11.1 Å². The van der Waals surface area contributed by atoms with Crippen LogP contribution in [0.5, 0.6) is 0 Å². The van der Waals surface area contributed by atoms with Crippen molar-refractivity contribution in [3.63, 3.8) is 0 Å². The second-order valence-electron chi connectivity index (χ2n) is 3.98. The maximum atomic E-state index is 11.2. The van der Waals surface area contributed by atoms with Gasteiger partial charge in [-0.05, 0) is 18.8 Å². The molecule has 0 bridgehead atoms. The molecule has 0 heterocycles. The zero-order valence-electron chi connectivity index (χ0n) is 7.84. The van der Waals surface area contributed by atoms with Crippen LogP contribution in [0.4, 0.5) is 0 Å². The average molecular weight is 170 g/mol. The number of nitrogens with two attached hydrogens (primary N) is 1. The van der Waals surface area contributed by atoms with Gasteiger partial charge in [0.1, 0.15) is 0 Å². The maximum absolute atomic E-state index is 11.2. The Balaban J connectivity index is 2.03. The number of hydrogen-bond acceptors (Lipinski definition) is 2. The monoisotopic (exact) mass is 170 g/mol. The lowest BCUT2D eigenvalue weighted by molar-refractivity contribution is -0.122. The normalized spacial score (nSPS) is 27.3. The summed E-state index contributed by atoms with van der Waals surface area (Å²) in [6.07, 6.45) is 1.92. The molecule has 1 aliphatic carbocycles. The first kappa shape index (κ1) is 9.52. The summed E-state index contributed by atoms with van der Waals surface area (Å²) in [6, 6.07) is 0.129. The fourth-order valence-corrected chi connectivity index (χ4v) is 1.13. The fraction of sp³-hybridized carbons (Fsp3) is 0.889. The third-order valence-electron chi connectivity index (χ3n) is 2.20. The Hall–Kier alpha value is -0.570. The molecular weight excluding hydrogens is 152 g/mol. The van der Waals surface area contributed by atoms with Crippen molar-refractivity contribution >= 4 is 5.91 Å². The first-order valence-electron chi connectivity index (χ1n) is 4.64. The van der Waals surface area contributed by atoms with Crippen molar-refractivity contribution < 1.29 is 4.79 Å². The third kappa shape index (κ3) is 2.81. The molecular formula is C9H18N2O. The van der Waals surface area contributed by atoms with Crippen LogP contribution < -0.4 is 11.1 Å². The molecule has 0 aromatic carbocycles. The van der Waals surface area contributed by atoms with Gasteiger partial charge in [-0.25, -0.2) is 0 Å². The zero-order valence-corrected chi connectivity index (χ0v) is 7.84. The van der Waals surface area contributed by atoms with Gasteiger partial charge in [0.15, 0.2) is 0 Å². The fourth-order valence-electron chi connectivity index (χ4n) is 1.13. The molecule has 1 saturated carbocycles. The van der Waals surface area contributed by atoms with Crippen LogP contribution in [-0.2, 0) is 4.79 Å². The lowest BCUT2D eigenvalue weighted by Crippen LogP contribution is -2.28. The number of carbonyl (C=O) groups is 1. The van der Waals surface area contributed by atoms with E-state index in [9.17, 15) is 4.79 Å². The number of hydrogen-bond donors (Lipinski definition) is 2. The Morgan fingerprint density at radius 2 is 2.25 bits per heavy atom. The van der Waals surface area contributed by atoms with Gasteiger partial charge in [-0.1, -0.05) is 13.8 Å². The minimum Gasteiger partial charge on any atom is -0.356 e. The van der Waals surface area contributed by atoms with Crippen LogP contribution in [0.15, 0.2) is 0 Å². The van der Waals surface area contributed by atoms with Crippen LogP contribution >= 0.6 is 0 Å². The molecule has 0 aromatic rings. The van der Waals surface area contributed by atoms with Gasteiger partial charge in [0.2, 0.25) is 5.91 Å². The molecule has 2 unspecified atom stereocenters. The van der Waals surface area contributed by atoms with Crippen LogP contribution in [0.25, 0.3) is 0 Å². The van der Waals surface area contributed by atoms with Gasteiger partial charge in [0.05, 0.1) is 5.92 Å². The van der Waals surface area contributed by atoms with Crippen LogP contribution in [-0.4, -0.2) is 18.5 Å². The molecule has 3 nitrogen and oxygen atoms in total. The molecule has 1 aliphatic rings. The highest BCUT2D eigenvalue weighted by molar-refractivity contribution is 5.82. The van der Waals surface area contributed by atoms with Crippen LogP contribution in [0, 0.1) is 11.8 Å². The van der Waals surface area contributed by atoms with E-state index in [1.165, 1.54) is 0 Å². The van der Waals surface area contributed by atoms with Crippen LogP contribution in [0.1, 0.15) is 26.7 Å². The molecule has 3 N–H and O–H groups in total. The molecule has 1 amide bonds. The SMILES string of the molecule is CC(C)CCNC(=O)C1CC1N. The van der Waals surface area contributed by atoms with Crippen molar-refractivity contribution in [1.29, 1.82) is 0 Å². The van der Waals surface area contributed by atoms with E-state index in [1.807, 2.05) is 0 Å². The largest absolute Gasteiger partial charge is 0.356 e. The number of rotatable bonds is 4. The summed E-state index contributed by atoms with van der Waals surface area (Å²) in [7, 11) is 0. The molecule has 0 aliphatic heterocycles. The van der Waals surface area contributed by atoms with Crippen molar-refractivity contribution in [2.24, 2.45) is 17.6 Å². The Bertz CT molecular complexity index is 168. The van der Waals surface area contributed by atoms with Crippen molar-refractivity contribution in [3.8, 4) is 0 Å². The molecule has 1 fully saturated rings. The highest BCUT2D eigenvalue weighted by atomic mass is 16.2. The topological polar surface area (TPSA) is 55.1 Å². The predicted molar refractivity (Wildman–Crippen MR) is 48.5 cm³/mol. The van der Waals surface area contributed by atoms with E-state index in [-0.39, 0.29) is 17.9 Å². The van der Waals surface area contributed by atoms with E-state index >= 15 is 0 Å². The standard InChI is InChI=1S/C9H18N2O/c1-6(2)3-4-11-9(12)7-5-8(7)10/h6-8H,3-5,10H2,1-2H3,(H,11,12). The van der Waals surface area contributed by atoms with Crippen molar-refractivity contribution in [2.75, 3.05) is 6.54 Å². The predicted octanol–water partition coefficient (Wildman–Crippen LogP) is 0.496.